The van der Waals surface area contributed by atoms with Crippen molar-refractivity contribution in [2.45, 2.75) is 31.2 Å². The lowest BCUT2D eigenvalue weighted by Gasteiger charge is -2.31. The molecular weight excluding hydrogens is 486 g/mol. The summed E-state index contributed by atoms with van der Waals surface area (Å²) in [6, 6.07) is 17.5. The van der Waals surface area contributed by atoms with Gasteiger partial charge in [0.25, 0.3) is 5.91 Å². The number of hydrogen-bond donors (Lipinski definition) is 4. The van der Waals surface area contributed by atoms with E-state index < -0.39 is 0 Å². The summed E-state index contributed by atoms with van der Waals surface area (Å²) in [6.07, 6.45) is 2.43. The lowest BCUT2D eigenvalue weighted by molar-refractivity contribution is 0.0940. The Balaban J connectivity index is 1.15. The van der Waals surface area contributed by atoms with Crippen molar-refractivity contribution in [2.24, 2.45) is 0 Å². The van der Waals surface area contributed by atoms with Crippen molar-refractivity contribution < 1.29 is 9.53 Å². The maximum absolute atomic E-state index is 13.3. The molecule has 1 amide bonds. The van der Waals surface area contributed by atoms with E-state index >= 15 is 0 Å². The fourth-order valence-electron chi connectivity index (χ4n) is 4.75. The molecule has 10 heteroatoms. The van der Waals surface area contributed by atoms with Gasteiger partial charge in [0.1, 0.15) is 11.5 Å². The van der Waals surface area contributed by atoms with Crippen molar-refractivity contribution in [1.82, 2.24) is 30.8 Å². The molecule has 0 saturated heterocycles. The van der Waals surface area contributed by atoms with Crippen LogP contribution in [-0.4, -0.2) is 31.6 Å². The number of rotatable bonds is 5. The van der Waals surface area contributed by atoms with Gasteiger partial charge in [-0.05, 0) is 64.8 Å². The summed E-state index contributed by atoms with van der Waals surface area (Å²) in [5, 5.41) is 15.8. The molecule has 0 spiro atoms. The van der Waals surface area contributed by atoms with Crippen LogP contribution in [0.15, 0.2) is 66.2 Å². The van der Waals surface area contributed by atoms with Crippen molar-refractivity contribution in [2.75, 3.05) is 5.73 Å². The van der Waals surface area contributed by atoms with Gasteiger partial charge in [-0.3, -0.25) is 9.89 Å². The zero-order chi connectivity index (χ0) is 25.6. The molecule has 0 fully saturated rings. The van der Waals surface area contributed by atoms with Crippen LogP contribution in [0.2, 0.25) is 0 Å². The molecule has 2 aliphatic rings. The topological polar surface area (TPSA) is 131 Å². The highest BCUT2D eigenvalue weighted by atomic mass is 32.2. The number of H-pyrrole nitrogens is 1. The van der Waals surface area contributed by atoms with E-state index in [1.807, 2.05) is 60.0 Å². The number of hydrogen-bond acceptors (Lipinski definition) is 8. The van der Waals surface area contributed by atoms with Crippen LogP contribution in [0, 0.1) is 0 Å². The van der Waals surface area contributed by atoms with Gasteiger partial charge < -0.3 is 21.1 Å². The first-order valence-electron chi connectivity index (χ1n) is 11.8. The number of para-hydroxylation sites is 1. The molecule has 1 aliphatic heterocycles. The van der Waals surface area contributed by atoms with E-state index in [1.165, 1.54) is 11.8 Å². The molecule has 6 rings (SSSR count). The fourth-order valence-corrected chi connectivity index (χ4v) is 5.60. The number of benzene rings is 2. The highest BCUT2D eigenvalue weighted by Gasteiger charge is 2.39. The number of thioether (sulfide) groups is 1. The summed E-state index contributed by atoms with van der Waals surface area (Å²) in [6.45, 7) is 4.18. The van der Waals surface area contributed by atoms with Crippen LogP contribution in [0.25, 0.3) is 17.1 Å². The summed E-state index contributed by atoms with van der Waals surface area (Å²) in [4.78, 5) is 21.8. The second kappa shape index (κ2) is 8.97. The molecule has 0 bridgehead atoms. The number of amides is 1. The summed E-state index contributed by atoms with van der Waals surface area (Å²) in [7, 11) is 0. The second-order valence-electron chi connectivity index (χ2n) is 9.59. The molecular formula is C27H25N7O2S. The number of anilines is 1. The van der Waals surface area contributed by atoms with Crippen LogP contribution in [0.4, 0.5) is 5.95 Å². The summed E-state index contributed by atoms with van der Waals surface area (Å²) in [5.74, 6) is 1.47. The smallest absolute Gasteiger partial charge is 0.274 e. The zero-order valence-corrected chi connectivity index (χ0v) is 21.1. The molecule has 0 radical (unpaired) electrons. The van der Waals surface area contributed by atoms with E-state index in [1.54, 1.807) is 6.20 Å². The van der Waals surface area contributed by atoms with E-state index in [4.69, 9.17) is 10.5 Å². The second-order valence-corrected chi connectivity index (χ2v) is 10.6. The van der Waals surface area contributed by atoms with Crippen LogP contribution in [0.5, 0.6) is 11.5 Å². The highest BCUT2D eigenvalue weighted by molar-refractivity contribution is 8.03. The van der Waals surface area contributed by atoms with Gasteiger partial charge in [-0.15, -0.1) is 0 Å². The van der Waals surface area contributed by atoms with Crippen LogP contribution in [0.1, 0.15) is 41.0 Å². The Morgan fingerprint density at radius 2 is 1.89 bits per heavy atom. The molecule has 5 N–H and O–H groups in total. The first-order valence-corrected chi connectivity index (χ1v) is 12.8. The number of nitrogen functional groups attached to an aromatic ring is 1. The molecule has 37 heavy (non-hydrogen) atoms. The third kappa shape index (κ3) is 4.40. The number of aromatic nitrogens is 4. The fraction of sp³-hybridized carbons (Fsp3) is 0.185. The number of nitrogens with one attached hydrogen (secondary N) is 3. The Kier molecular flexibility index (Phi) is 5.60. The molecule has 2 aromatic heterocycles. The summed E-state index contributed by atoms with van der Waals surface area (Å²) < 4.78 is 5.87. The van der Waals surface area contributed by atoms with Crippen molar-refractivity contribution in [3.63, 3.8) is 0 Å². The average Bonchev–Trinajstić information content (AvgIpc) is 3.54. The first kappa shape index (κ1) is 23.1. The van der Waals surface area contributed by atoms with Crippen LogP contribution < -0.4 is 21.1 Å². The van der Waals surface area contributed by atoms with Crippen molar-refractivity contribution in [1.29, 1.82) is 0 Å². The Hall–Kier alpha value is -4.31. The maximum Gasteiger partial charge on any atom is 0.274 e. The Labute approximate surface area is 217 Å². The van der Waals surface area contributed by atoms with Gasteiger partial charge in [-0.2, -0.15) is 5.10 Å². The standard InChI is InChI=1S/C27H25N7O2S/c1-27(2)12-16-13-29-25(28)31-21(16)22-20(27)23(34-33-22)24(35)32-26-30-19(14-37-26)15-8-10-18(11-9-15)36-17-6-4-3-5-7-17/h3-11,13-14,26,30H,12H2,1-2H3,(H,32,35)(H,33,34)(H2,28,29,31). The Morgan fingerprint density at radius 1 is 1.14 bits per heavy atom. The predicted octanol–water partition coefficient (Wildman–Crippen LogP) is 4.42. The van der Waals surface area contributed by atoms with E-state index in [0.29, 0.717) is 23.5 Å². The molecule has 3 heterocycles. The monoisotopic (exact) mass is 511 g/mol. The lowest BCUT2D eigenvalue weighted by atomic mass is 9.73. The minimum atomic E-state index is -0.329. The minimum absolute atomic E-state index is 0.190. The summed E-state index contributed by atoms with van der Waals surface area (Å²) in [5.41, 5.74) is 10.7. The number of carbonyl (C=O) groups is 1. The van der Waals surface area contributed by atoms with Gasteiger partial charge in [0.15, 0.2) is 11.2 Å². The third-order valence-corrected chi connectivity index (χ3v) is 7.31. The number of nitrogens with zero attached hydrogens (tertiary/aromatic N) is 3. The minimum Gasteiger partial charge on any atom is -0.457 e. The highest BCUT2D eigenvalue weighted by Crippen LogP contribution is 2.42. The molecule has 4 aromatic rings. The van der Waals surface area contributed by atoms with Gasteiger partial charge in [-0.1, -0.05) is 43.8 Å². The largest absolute Gasteiger partial charge is 0.457 e. The molecule has 0 saturated carbocycles. The van der Waals surface area contributed by atoms with Crippen LogP contribution in [0.3, 0.4) is 0 Å². The number of carbonyl (C=O) groups excluding carboxylic acids is 1. The first-order chi connectivity index (χ1) is 17.9. The Morgan fingerprint density at radius 3 is 2.68 bits per heavy atom. The van der Waals surface area contributed by atoms with Gasteiger partial charge in [0.05, 0.1) is 17.1 Å². The molecule has 9 nitrogen and oxygen atoms in total. The number of ether oxygens (including phenoxy) is 1. The van der Waals surface area contributed by atoms with Crippen molar-refractivity contribution in [3.05, 3.63) is 88.6 Å². The van der Waals surface area contributed by atoms with Gasteiger partial charge in [-0.25, -0.2) is 9.97 Å². The molecule has 1 atom stereocenters. The van der Waals surface area contributed by atoms with Gasteiger partial charge in [0, 0.05) is 11.8 Å². The quantitative estimate of drug-likeness (QED) is 0.310. The summed E-state index contributed by atoms with van der Waals surface area (Å²) >= 11 is 1.49. The SMILES string of the molecule is CC1(C)Cc2cnc(N)nc2-c2[nH]nc(C(=O)NC3NC(c4ccc(Oc5ccccc5)cc4)=CS3)c21. The molecule has 186 valence electrons. The predicted molar refractivity (Wildman–Crippen MR) is 144 cm³/mol. The van der Waals surface area contributed by atoms with Gasteiger partial charge >= 0.3 is 0 Å². The van der Waals surface area contributed by atoms with E-state index in [-0.39, 0.29) is 22.8 Å². The van der Waals surface area contributed by atoms with Crippen LogP contribution >= 0.6 is 11.8 Å². The molecule has 1 aliphatic carbocycles. The number of aromatic amines is 1. The molecule has 2 aromatic carbocycles. The van der Waals surface area contributed by atoms with E-state index in [2.05, 4.69) is 44.6 Å². The maximum atomic E-state index is 13.3. The van der Waals surface area contributed by atoms with Crippen LogP contribution in [-0.2, 0) is 11.8 Å². The van der Waals surface area contributed by atoms with Crippen molar-refractivity contribution >= 4 is 29.3 Å². The lowest BCUT2D eigenvalue weighted by Crippen LogP contribution is -2.41. The number of nitrogens with two attached hydrogens (primary N) is 1. The van der Waals surface area contributed by atoms with Gasteiger partial charge in [0.2, 0.25) is 5.95 Å². The Bertz CT molecular complexity index is 1510. The van der Waals surface area contributed by atoms with Crippen molar-refractivity contribution in [3.8, 4) is 22.9 Å². The number of fused-ring (bicyclic) bond motifs is 3. The zero-order valence-electron chi connectivity index (χ0n) is 20.3. The van der Waals surface area contributed by atoms with E-state index in [9.17, 15) is 4.79 Å². The molecule has 1 unspecified atom stereocenters. The third-order valence-electron chi connectivity index (χ3n) is 6.43. The van der Waals surface area contributed by atoms with E-state index in [0.717, 1.165) is 33.9 Å². The average molecular weight is 512 g/mol. The normalized spacial score (nSPS) is 17.2.